The predicted octanol–water partition coefficient (Wildman–Crippen LogP) is 2.26. The number of aromatic nitrogens is 3. The fourth-order valence-electron chi connectivity index (χ4n) is 2.47. The topological polar surface area (TPSA) is 51.9 Å². The molecule has 0 bridgehead atoms. The van der Waals surface area contributed by atoms with Crippen molar-refractivity contribution in [2.75, 3.05) is 11.9 Å². The van der Waals surface area contributed by atoms with Crippen molar-refractivity contribution in [3.8, 4) is 0 Å². The Morgan fingerprint density at radius 3 is 2.80 bits per heavy atom. The van der Waals surface area contributed by atoms with Crippen LogP contribution in [0.3, 0.4) is 0 Å². The monoisotopic (exact) mass is 336 g/mol. The molecule has 1 N–H and O–H groups in total. The SMILES string of the molecule is O=c1n(CCNc2ccc(Br)cc2)nc2n1CCCC2. The van der Waals surface area contributed by atoms with Gasteiger partial charge in [-0.1, -0.05) is 15.9 Å². The summed E-state index contributed by atoms with van der Waals surface area (Å²) in [5, 5.41) is 7.71. The van der Waals surface area contributed by atoms with E-state index < -0.39 is 0 Å². The second-order valence-electron chi connectivity index (χ2n) is 4.96. The minimum atomic E-state index is 0.0253. The number of rotatable bonds is 4. The molecule has 1 aliphatic rings. The van der Waals surface area contributed by atoms with Gasteiger partial charge in [0.05, 0.1) is 6.54 Å². The van der Waals surface area contributed by atoms with E-state index >= 15 is 0 Å². The van der Waals surface area contributed by atoms with Crippen molar-refractivity contribution in [1.82, 2.24) is 14.3 Å². The minimum Gasteiger partial charge on any atom is -0.383 e. The van der Waals surface area contributed by atoms with E-state index in [4.69, 9.17) is 0 Å². The first kappa shape index (κ1) is 13.4. The molecule has 0 radical (unpaired) electrons. The van der Waals surface area contributed by atoms with Crippen LogP contribution in [0.2, 0.25) is 0 Å². The van der Waals surface area contributed by atoms with E-state index in [1.807, 2.05) is 28.8 Å². The normalized spacial score (nSPS) is 14.1. The molecule has 0 saturated carbocycles. The zero-order chi connectivity index (χ0) is 13.9. The molecular weight excluding hydrogens is 320 g/mol. The molecule has 2 heterocycles. The van der Waals surface area contributed by atoms with Gasteiger partial charge >= 0.3 is 5.69 Å². The highest BCUT2D eigenvalue weighted by Crippen LogP contribution is 2.14. The largest absolute Gasteiger partial charge is 0.383 e. The third kappa shape index (κ3) is 2.80. The van der Waals surface area contributed by atoms with Gasteiger partial charge in [0.15, 0.2) is 0 Å². The quantitative estimate of drug-likeness (QED) is 0.931. The number of hydrogen-bond acceptors (Lipinski definition) is 3. The number of anilines is 1. The average molecular weight is 337 g/mol. The second kappa shape index (κ2) is 5.83. The molecule has 1 aromatic carbocycles. The Hall–Kier alpha value is -1.56. The number of halogens is 1. The lowest BCUT2D eigenvalue weighted by atomic mass is 10.2. The molecule has 2 aromatic rings. The van der Waals surface area contributed by atoms with Crippen LogP contribution in [-0.2, 0) is 19.5 Å². The Labute approximate surface area is 125 Å². The summed E-state index contributed by atoms with van der Waals surface area (Å²) >= 11 is 3.41. The minimum absolute atomic E-state index is 0.0253. The van der Waals surface area contributed by atoms with E-state index in [1.165, 1.54) is 0 Å². The molecule has 0 fully saturated rings. The van der Waals surface area contributed by atoms with Crippen LogP contribution in [0.15, 0.2) is 33.5 Å². The molecule has 1 aromatic heterocycles. The number of hydrogen-bond donors (Lipinski definition) is 1. The predicted molar refractivity (Wildman–Crippen MR) is 82.1 cm³/mol. The van der Waals surface area contributed by atoms with Crippen LogP contribution in [0.5, 0.6) is 0 Å². The van der Waals surface area contributed by atoms with Crippen molar-refractivity contribution < 1.29 is 0 Å². The van der Waals surface area contributed by atoms with Crippen LogP contribution in [0.4, 0.5) is 5.69 Å². The average Bonchev–Trinajstić information content (AvgIpc) is 2.78. The van der Waals surface area contributed by atoms with Gasteiger partial charge in [0.25, 0.3) is 0 Å². The lowest BCUT2D eigenvalue weighted by Gasteiger charge is -2.09. The molecule has 1 aliphatic heterocycles. The van der Waals surface area contributed by atoms with Crippen LogP contribution in [0.1, 0.15) is 18.7 Å². The van der Waals surface area contributed by atoms with Crippen LogP contribution >= 0.6 is 15.9 Å². The first-order chi connectivity index (χ1) is 9.74. The van der Waals surface area contributed by atoms with Crippen molar-refractivity contribution >= 4 is 21.6 Å². The Kier molecular flexibility index (Phi) is 3.91. The summed E-state index contributed by atoms with van der Waals surface area (Å²) in [5.74, 6) is 0.935. The fourth-order valence-corrected chi connectivity index (χ4v) is 2.73. The van der Waals surface area contributed by atoms with E-state index in [9.17, 15) is 4.79 Å². The molecule has 20 heavy (non-hydrogen) atoms. The van der Waals surface area contributed by atoms with Gasteiger partial charge in [0.2, 0.25) is 0 Å². The summed E-state index contributed by atoms with van der Waals surface area (Å²) in [6, 6.07) is 7.99. The van der Waals surface area contributed by atoms with Gasteiger partial charge in [-0.2, -0.15) is 5.10 Å². The lowest BCUT2D eigenvalue weighted by Crippen LogP contribution is -2.28. The molecule has 0 aliphatic carbocycles. The first-order valence-electron chi connectivity index (χ1n) is 6.90. The Balaban J connectivity index is 1.63. The van der Waals surface area contributed by atoms with E-state index in [0.717, 1.165) is 41.8 Å². The van der Waals surface area contributed by atoms with Gasteiger partial charge in [0, 0.05) is 29.7 Å². The Morgan fingerprint density at radius 2 is 2.05 bits per heavy atom. The van der Waals surface area contributed by atoms with Gasteiger partial charge in [-0.15, -0.1) is 0 Å². The molecule has 5 nitrogen and oxygen atoms in total. The van der Waals surface area contributed by atoms with Crippen molar-refractivity contribution in [3.05, 3.63) is 45.0 Å². The summed E-state index contributed by atoms with van der Waals surface area (Å²) in [6.07, 6.45) is 3.13. The number of benzene rings is 1. The summed E-state index contributed by atoms with van der Waals surface area (Å²) in [5.41, 5.74) is 1.07. The highest BCUT2D eigenvalue weighted by molar-refractivity contribution is 9.10. The number of aryl methyl sites for hydroxylation is 1. The highest BCUT2D eigenvalue weighted by atomic mass is 79.9. The maximum absolute atomic E-state index is 12.1. The lowest BCUT2D eigenvalue weighted by molar-refractivity contribution is 0.511. The third-order valence-electron chi connectivity index (χ3n) is 3.53. The van der Waals surface area contributed by atoms with E-state index in [2.05, 4.69) is 26.3 Å². The number of fused-ring (bicyclic) bond motifs is 1. The van der Waals surface area contributed by atoms with E-state index in [-0.39, 0.29) is 5.69 Å². The number of nitrogens with zero attached hydrogens (tertiary/aromatic N) is 3. The molecule has 0 spiro atoms. The van der Waals surface area contributed by atoms with Crippen LogP contribution < -0.4 is 11.0 Å². The third-order valence-corrected chi connectivity index (χ3v) is 4.06. The highest BCUT2D eigenvalue weighted by Gasteiger charge is 2.15. The standard InChI is InChI=1S/C14H17BrN4O/c15-11-4-6-12(7-5-11)16-8-10-19-14(20)18-9-2-1-3-13(18)17-19/h4-7,16H,1-3,8-10H2. The zero-order valence-electron chi connectivity index (χ0n) is 11.2. The fraction of sp³-hybridized carbons (Fsp3) is 0.429. The summed E-state index contributed by atoms with van der Waals surface area (Å²) in [7, 11) is 0. The summed E-state index contributed by atoms with van der Waals surface area (Å²) in [4.78, 5) is 12.1. The van der Waals surface area contributed by atoms with Crippen LogP contribution in [0.25, 0.3) is 0 Å². The molecule has 3 rings (SSSR count). The van der Waals surface area contributed by atoms with Crippen molar-refractivity contribution in [1.29, 1.82) is 0 Å². The summed E-state index contributed by atoms with van der Waals surface area (Å²) < 4.78 is 4.44. The van der Waals surface area contributed by atoms with Crippen molar-refractivity contribution in [3.63, 3.8) is 0 Å². The Morgan fingerprint density at radius 1 is 1.25 bits per heavy atom. The van der Waals surface area contributed by atoms with Gasteiger partial charge in [0.1, 0.15) is 5.82 Å². The zero-order valence-corrected chi connectivity index (χ0v) is 12.8. The molecular formula is C14H17BrN4O. The van der Waals surface area contributed by atoms with Crippen molar-refractivity contribution in [2.45, 2.75) is 32.4 Å². The van der Waals surface area contributed by atoms with Gasteiger partial charge in [-0.25, -0.2) is 9.48 Å². The molecule has 0 unspecified atom stereocenters. The van der Waals surface area contributed by atoms with E-state index in [0.29, 0.717) is 13.1 Å². The van der Waals surface area contributed by atoms with Gasteiger partial charge < -0.3 is 5.32 Å². The Bertz CT molecular complexity index is 644. The van der Waals surface area contributed by atoms with Crippen LogP contribution in [-0.4, -0.2) is 20.9 Å². The first-order valence-corrected chi connectivity index (χ1v) is 7.69. The smallest absolute Gasteiger partial charge is 0.345 e. The van der Waals surface area contributed by atoms with Gasteiger partial charge in [-0.05, 0) is 37.1 Å². The molecule has 6 heteroatoms. The van der Waals surface area contributed by atoms with Gasteiger partial charge in [-0.3, -0.25) is 4.57 Å². The molecule has 0 amide bonds. The number of nitrogens with one attached hydrogen (secondary N) is 1. The maximum atomic E-state index is 12.1. The van der Waals surface area contributed by atoms with Crippen LogP contribution in [0, 0.1) is 0 Å². The molecule has 106 valence electrons. The molecule has 0 saturated heterocycles. The molecule has 0 atom stereocenters. The van der Waals surface area contributed by atoms with E-state index in [1.54, 1.807) is 4.68 Å². The van der Waals surface area contributed by atoms with Crippen molar-refractivity contribution in [2.24, 2.45) is 0 Å². The summed E-state index contributed by atoms with van der Waals surface area (Å²) in [6.45, 7) is 2.10. The maximum Gasteiger partial charge on any atom is 0.345 e. The second-order valence-corrected chi connectivity index (χ2v) is 5.88.